The fourth-order valence-electron chi connectivity index (χ4n) is 1.53. The molecule has 19 heavy (non-hydrogen) atoms. The molecule has 2 rings (SSSR count). The summed E-state index contributed by atoms with van der Waals surface area (Å²) in [5.74, 6) is 0.412. The number of benzene rings is 2. The molecule has 6 heteroatoms. The molecule has 0 atom stereocenters. The van der Waals surface area contributed by atoms with E-state index < -0.39 is 19.1 Å². The number of halogens is 3. The van der Waals surface area contributed by atoms with Gasteiger partial charge in [0.15, 0.2) is 0 Å². The van der Waals surface area contributed by atoms with E-state index in [9.17, 15) is 12.9 Å². The Balaban J connectivity index is 0.00000180. The fourth-order valence-corrected chi connectivity index (χ4v) is 1.53. The van der Waals surface area contributed by atoms with Crippen LogP contribution in [0.4, 0.5) is 12.9 Å². The summed E-state index contributed by atoms with van der Waals surface area (Å²) >= 11 is 0. The van der Waals surface area contributed by atoms with Gasteiger partial charge in [-0.15, -0.1) is 12.1 Å². The first-order chi connectivity index (χ1) is 8.47. The van der Waals surface area contributed by atoms with E-state index in [1.807, 2.05) is 30.3 Å². The summed E-state index contributed by atoms with van der Waals surface area (Å²) in [4.78, 5) is 0. The third-order valence-electron chi connectivity index (χ3n) is 2.61. The van der Waals surface area contributed by atoms with Crippen LogP contribution in [0.3, 0.4) is 0 Å². The molecular formula is C13H11BF3KO. The third-order valence-corrected chi connectivity index (χ3v) is 2.61. The molecule has 0 aromatic heterocycles. The summed E-state index contributed by atoms with van der Waals surface area (Å²) < 4.78 is 42.0. The van der Waals surface area contributed by atoms with Crippen molar-refractivity contribution in [1.82, 2.24) is 0 Å². The predicted molar refractivity (Wildman–Crippen MR) is 67.7 cm³/mol. The van der Waals surface area contributed by atoms with Gasteiger partial charge in [0, 0.05) is 0 Å². The Morgan fingerprint density at radius 3 is 2.32 bits per heavy atom. The van der Waals surface area contributed by atoms with Gasteiger partial charge in [-0.05, 0) is 22.9 Å². The van der Waals surface area contributed by atoms with Crippen molar-refractivity contribution >= 4 is 17.7 Å². The summed E-state index contributed by atoms with van der Waals surface area (Å²) in [5.41, 5.74) is -0.830. The molecule has 0 bridgehead atoms. The molecule has 2 aromatic rings. The smallest absolute Gasteiger partial charge is 0.492 e. The van der Waals surface area contributed by atoms with Crippen LogP contribution < -0.4 is 56.1 Å². The molecule has 2 aromatic carbocycles. The van der Waals surface area contributed by atoms with Crippen LogP contribution in [-0.2, 0) is 0 Å². The van der Waals surface area contributed by atoms with Crippen LogP contribution in [-0.4, -0.2) is 13.6 Å². The zero-order chi connectivity index (χ0) is 13.2. The maximum absolute atomic E-state index is 12.3. The molecule has 0 N–H and O–H groups in total. The summed E-state index contributed by atoms with van der Waals surface area (Å²) in [6.07, 6.45) is 0. The second kappa shape index (κ2) is 6.95. The van der Waals surface area contributed by atoms with Crippen LogP contribution in [0.15, 0.2) is 54.5 Å². The van der Waals surface area contributed by atoms with E-state index >= 15 is 0 Å². The van der Waals surface area contributed by atoms with Crippen molar-refractivity contribution in [3.05, 3.63) is 54.5 Å². The number of rotatable bonds is 4. The van der Waals surface area contributed by atoms with Gasteiger partial charge in [-0.2, -0.15) is 0 Å². The van der Waals surface area contributed by atoms with Crippen molar-refractivity contribution < 1.29 is 69.1 Å². The van der Waals surface area contributed by atoms with Gasteiger partial charge in [-0.3, -0.25) is 0 Å². The Labute approximate surface area is 152 Å². The van der Waals surface area contributed by atoms with Crippen LogP contribution in [0.25, 0.3) is 10.8 Å². The van der Waals surface area contributed by atoms with E-state index in [0.717, 1.165) is 10.8 Å². The maximum atomic E-state index is 12.3. The molecule has 0 amide bonds. The standard InChI is InChI=1S/C13H11BF3O.K/c1-10(14(15,16)17)9-18-13-7-6-11-4-2-3-5-12(11)8-13;/h2-8H,1,9H2;/q-1;+1. The number of ether oxygens (including phenoxy) is 1. The molecule has 0 fully saturated rings. The fraction of sp³-hybridized carbons (Fsp3) is 0.0769. The van der Waals surface area contributed by atoms with Crippen LogP contribution in [0, 0.1) is 0 Å². The molecule has 0 radical (unpaired) electrons. The largest absolute Gasteiger partial charge is 1.00 e. The minimum absolute atomic E-state index is 0. The molecule has 0 aliphatic heterocycles. The van der Waals surface area contributed by atoms with E-state index in [0.29, 0.717) is 5.75 Å². The van der Waals surface area contributed by atoms with Gasteiger partial charge in [-0.25, -0.2) is 0 Å². The van der Waals surface area contributed by atoms with Crippen LogP contribution in [0.1, 0.15) is 0 Å². The van der Waals surface area contributed by atoms with Gasteiger partial charge in [0.1, 0.15) is 5.75 Å². The first-order valence-corrected chi connectivity index (χ1v) is 5.46. The number of hydrogen-bond donors (Lipinski definition) is 0. The predicted octanol–water partition coefficient (Wildman–Crippen LogP) is 1.17. The molecule has 0 aliphatic carbocycles. The molecule has 0 unspecified atom stereocenters. The van der Waals surface area contributed by atoms with E-state index in [1.54, 1.807) is 12.1 Å². The summed E-state index contributed by atoms with van der Waals surface area (Å²) in [6.45, 7) is -2.57. The van der Waals surface area contributed by atoms with Crippen molar-refractivity contribution in [3.8, 4) is 5.75 Å². The normalized spacial score (nSPS) is 10.9. The number of hydrogen-bond acceptors (Lipinski definition) is 1. The Bertz CT molecular complexity index is 583. The Morgan fingerprint density at radius 2 is 1.68 bits per heavy atom. The molecule has 0 saturated carbocycles. The monoisotopic (exact) mass is 290 g/mol. The zero-order valence-electron chi connectivity index (χ0n) is 10.6. The van der Waals surface area contributed by atoms with Crippen LogP contribution >= 0.6 is 0 Å². The average Bonchev–Trinajstić information content (AvgIpc) is 2.34. The molecule has 0 heterocycles. The molecular weight excluding hydrogens is 279 g/mol. The summed E-state index contributed by atoms with van der Waals surface area (Å²) in [6, 6.07) is 12.7. The quantitative estimate of drug-likeness (QED) is 0.768. The summed E-state index contributed by atoms with van der Waals surface area (Å²) in [7, 11) is 0. The summed E-state index contributed by atoms with van der Waals surface area (Å²) in [5, 5.41) is 1.95. The first-order valence-electron chi connectivity index (χ1n) is 5.46. The van der Waals surface area contributed by atoms with E-state index in [1.165, 1.54) is 0 Å². The van der Waals surface area contributed by atoms with E-state index in [2.05, 4.69) is 6.58 Å². The first kappa shape index (κ1) is 16.8. The van der Waals surface area contributed by atoms with E-state index in [-0.39, 0.29) is 51.4 Å². The van der Waals surface area contributed by atoms with Gasteiger partial charge in [0.25, 0.3) is 0 Å². The minimum atomic E-state index is -5.03. The SMILES string of the molecule is C=C(COc1ccc2ccccc2c1)[B-](F)(F)F.[K+]. The zero-order valence-corrected chi connectivity index (χ0v) is 13.7. The van der Waals surface area contributed by atoms with Gasteiger partial charge in [0.2, 0.25) is 0 Å². The Morgan fingerprint density at radius 1 is 1.05 bits per heavy atom. The van der Waals surface area contributed by atoms with E-state index in [4.69, 9.17) is 4.74 Å². The van der Waals surface area contributed by atoms with Crippen molar-refractivity contribution in [2.75, 3.05) is 6.61 Å². The van der Waals surface area contributed by atoms with Gasteiger partial charge in [-0.1, -0.05) is 30.3 Å². The van der Waals surface area contributed by atoms with Crippen molar-refractivity contribution in [2.24, 2.45) is 0 Å². The van der Waals surface area contributed by atoms with Crippen LogP contribution in [0.2, 0.25) is 0 Å². The van der Waals surface area contributed by atoms with Crippen molar-refractivity contribution in [2.45, 2.75) is 0 Å². The maximum Gasteiger partial charge on any atom is 1.00 e. The van der Waals surface area contributed by atoms with Gasteiger partial charge < -0.3 is 17.7 Å². The average molecular weight is 290 g/mol. The second-order valence-electron chi connectivity index (χ2n) is 4.03. The third kappa shape index (κ3) is 4.65. The minimum Gasteiger partial charge on any atom is -0.492 e. The van der Waals surface area contributed by atoms with Crippen molar-refractivity contribution in [1.29, 1.82) is 0 Å². The van der Waals surface area contributed by atoms with Crippen molar-refractivity contribution in [3.63, 3.8) is 0 Å². The Kier molecular flexibility index (Phi) is 6.14. The molecule has 0 saturated heterocycles. The van der Waals surface area contributed by atoms with Crippen LogP contribution in [0.5, 0.6) is 5.75 Å². The van der Waals surface area contributed by atoms with Gasteiger partial charge in [0.05, 0.1) is 6.61 Å². The second-order valence-corrected chi connectivity index (χ2v) is 4.03. The Hall–Kier alpha value is -0.269. The molecule has 94 valence electrons. The molecule has 1 nitrogen and oxygen atoms in total. The number of fused-ring (bicyclic) bond motifs is 1. The van der Waals surface area contributed by atoms with Gasteiger partial charge >= 0.3 is 58.4 Å². The molecule has 0 spiro atoms. The topological polar surface area (TPSA) is 9.23 Å². The molecule has 0 aliphatic rings.